The number of nitrogens with one attached hydrogen (secondary N) is 1. The number of ether oxygens (including phenoxy) is 1. The number of para-hydroxylation sites is 1. The smallest absolute Gasteiger partial charge is 0.130 e. The molecule has 0 unspecified atom stereocenters. The maximum atomic E-state index is 7.39. The minimum atomic E-state index is 0.369. The largest absolute Gasteiger partial charge is 0.487 e. The molecule has 2 nitrogen and oxygen atoms in total. The maximum absolute atomic E-state index is 7.39. The average Bonchev–Trinajstić information content (AvgIpc) is 2.29. The molecule has 0 amide bonds. The fourth-order valence-corrected chi connectivity index (χ4v) is 1.14. The van der Waals surface area contributed by atoms with Gasteiger partial charge >= 0.3 is 0 Å². The molecule has 0 radical (unpaired) electrons. The van der Waals surface area contributed by atoms with Crippen LogP contribution in [0.2, 0.25) is 0 Å². The standard InChI is InChI=1S/C10H9NO/c11-9-6-5-8-3-1-2-4-10(8)12-7-9/h1-6,11H,7H2. The van der Waals surface area contributed by atoms with Gasteiger partial charge in [0, 0.05) is 5.56 Å². The first-order valence-corrected chi connectivity index (χ1v) is 3.83. The highest BCUT2D eigenvalue weighted by Crippen LogP contribution is 2.21. The van der Waals surface area contributed by atoms with Gasteiger partial charge in [-0.3, -0.25) is 0 Å². The first kappa shape index (κ1) is 7.10. The zero-order valence-electron chi connectivity index (χ0n) is 6.58. The fraction of sp³-hybridized carbons (Fsp3) is 0.100. The lowest BCUT2D eigenvalue weighted by atomic mass is 10.2. The Morgan fingerprint density at radius 1 is 1.17 bits per heavy atom. The van der Waals surface area contributed by atoms with Crippen LogP contribution in [0.1, 0.15) is 5.56 Å². The Labute approximate surface area is 71.0 Å². The normalized spacial score (nSPS) is 14.8. The van der Waals surface area contributed by atoms with Crippen LogP contribution in [0.5, 0.6) is 5.75 Å². The molecule has 2 heteroatoms. The molecule has 1 aliphatic heterocycles. The lowest BCUT2D eigenvalue weighted by Crippen LogP contribution is -2.05. The summed E-state index contributed by atoms with van der Waals surface area (Å²) < 4.78 is 5.37. The molecule has 12 heavy (non-hydrogen) atoms. The van der Waals surface area contributed by atoms with Gasteiger partial charge in [-0.2, -0.15) is 0 Å². The van der Waals surface area contributed by atoms with E-state index in [9.17, 15) is 0 Å². The minimum Gasteiger partial charge on any atom is -0.487 e. The van der Waals surface area contributed by atoms with Crippen molar-refractivity contribution in [3.8, 4) is 5.75 Å². The number of benzene rings is 1. The first-order valence-electron chi connectivity index (χ1n) is 3.83. The summed E-state index contributed by atoms with van der Waals surface area (Å²) in [4.78, 5) is 0. The molecule has 1 aromatic rings. The van der Waals surface area contributed by atoms with Crippen molar-refractivity contribution in [3.05, 3.63) is 35.9 Å². The second-order valence-corrected chi connectivity index (χ2v) is 2.69. The highest BCUT2D eigenvalue weighted by atomic mass is 16.5. The number of fused-ring (bicyclic) bond motifs is 1. The maximum Gasteiger partial charge on any atom is 0.130 e. The van der Waals surface area contributed by atoms with E-state index in [2.05, 4.69) is 0 Å². The molecule has 60 valence electrons. The summed E-state index contributed by atoms with van der Waals surface area (Å²) in [6.07, 6.45) is 3.68. The Kier molecular flexibility index (Phi) is 1.67. The number of rotatable bonds is 0. The minimum absolute atomic E-state index is 0.369. The monoisotopic (exact) mass is 159 g/mol. The molecule has 1 N–H and O–H groups in total. The van der Waals surface area contributed by atoms with Crippen molar-refractivity contribution in [2.75, 3.05) is 6.61 Å². The van der Waals surface area contributed by atoms with Crippen molar-refractivity contribution in [2.24, 2.45) is 0 Å². The fourth-order valence-electron chi connectivity index (χ4n) is 1.14. The van der Waals surface area contributed by atoms with Gasteiger partial charge in [0.05, 0.1) is 5.71 Å². The Balaban J connectivity index is 2.45. The molecule has 0 atom stereocenters. The second-order valence-electron chi connectivity index (χ2n) is 2.69. The van der Waals surface area contributed by atoms with Crippen LogP contribution in [0, 0.1) is 5.41 Å². The Hall–Kier alpha value is -1.57. The molecule has 0 aromatic heterocycles. The number of hydrogen-bond acceptors (Lipinski definition) is 2. The van der Waals surface area contributed by atoms with E-state index in [-0.39, 0.29) is 0 Å². The Morgan fingerprint density at radius 2 is 2.00 bits per heavy atom. The van der Waals surface area contributed by atoms with Gasteiger partial charge in [0.25, 0.3) is 0 Å². The molecule has 2 rings (SSSR count). The van der Waals surface area contributed by atoms with E-state index in [0.717, 1.165) is 11.3 Å². The van der Waals surface area contributed by atoms with Crippen molar-refractivity contribution in [1.82, 2.24) is 0 Å². The average molecular weight is 159 g/mol. The molecule has 0 bridgehead atoms. The van der Waals surface area contributed by atoms with Gasteiger partial charge in [-0.25, -0.2) is 0 Å². The van der Waals surface area contributed by atoms with Gasteiger partial charge in [-0.1, -0.05) is 18.2 Å². The van der Waals surface area contributed by atoms with Crippen LogP contribution in [-0.4, -0.2) is 12.3 Å². The summed E-state index contributed by atoms with van der Waals surface area (Å²) in [7, 11) is 0. The van der Waals surface area contributed by atoms with E-state index in [1.165, 1.54) is 0 Å². The lowest BCUT2D eigenvalue weighted by Gasteiger charge is -2.04. The third-order valence-electron chi connectivity index (χ3n) is 1.77. The van der Waals surface area contributed by atoms with Gasteiger partial charge in [0.15, 0.2) is 0 Å². The molecular weight excluding hydrogens is 150 g/mol. The summed E-state index contributed by atoms with van der Waals surface area (Å²) in [5.41, 5.74) is 1.55. The van der Waals surface area contributed by atoms with E-state index in [1.54, 1.807) is 6.08 Å². The van der Waals surface area contributed by atoms with Crippen LogP contribution in [0.25, 0.3) is 6.08 Å². The summed E-state index contributed by atoms with van der Waals surface area (Å²) in [6.45, 7) is 0.369. The van der Waals surface area contributed by atoms with Crippen LogP contribution in [-0.2, 0) is 0 Å². The highest BCUT2D eigenvalue weighted by Gasteiger charge is 2.04. The first-order chi connectivity index (χ1) is 5.86. The van der Waals surface area contributed by atoms with E-state index in [4.69, 9.17) is 10.1 Å². The number of hydrogen-bond donors (Lipinski definition) is 1. The van der Waals surface area contributed by atoms with Crippen LogP contribution in [0.15, 0.2) is 30.3 Å². The van der Waals surface area contributed by atoms with E-state index in [1.807, 2.05) is 30.3 Å². The van der Waals surface area contributed by atoms with Crippen LogP contribution in [0.3, 0.4) is 0 Å². The van der Waals surface area contributed by atoms with Gasteiger partial charge in [0.1, 0.15) is 12.4 Å². The van der Waals surface area contributed by atoms with E-state index >= 15 is 0 Å². The van der Waals surface area contributed by atoms with Crippen molar-refractivity contribution < 1.29 is 4.74 Å². The van der Waals surface area contributed by atoms with Crippen molar-refractivity contribution in [2.45, 2.75) is 0 Å². The van der Waals surface area contributed by atoms with E-state index < -0.39 is 0 Å². The quantitative estimate of drug-likeness (QED) is 0.618. The molecule has 1 aromatic carbocycles. The second kappa shape index (κ2) is 2.81. The van der Waals surface area contributed by atoms with Crippen LogP contribution < -0.4 is 4.74 Å². The Morgan fingerprint density at radius 3 is 2.92 bits per heavy atom. The van der Waals surface area contributed by atoms with Gasteiger partial charge < -0.3 is 10.1 Å². The molecule has 0 fully saturated rings. The molecule has 0 spiro atoms. The van der Waals surface area contributed by atoms with Gasteiger partial charge in [-0.15, -0.1) is 0 Å². The molecule has 1 aliphatic rings. The van der Waals surface area contributed by atoms with E-state index in [0.29, 0.717) is 12.3 Å². The van der Waals surface area contributed by atoms with Crippen molar-refractivity contribution in [3.63, 3.8) is 0 Å². The third kappa shape index (κ3) is 1.23. The zero-order valence-corrected chi connectivity index (χ0v) is 6.58. The molecule has 0 saturated carbocycles. The topological polar surface area (TPSA) is 33.1 Å². The zero-order chi connectivity index (χ0) is 8.39. The summed E-state index contributed by atoms with van der Waals surface area (Å²) >= 11 is 0. The molecule has 1 heterocycles. The molecular formula is C10H9NO. The summed E-state index contributed by atoms with van der Waals surface area (Å²) in [5, 5.41) is 7.39. The van der Waals surface area contributed by atoms with Crippen LogP contribution in [0.4, 0.5) is 0 Å². The van der Waals surface area contributed by atoms with Gasteiger partial charge in [0.2, 0.25) is 0 Å². The van der Waals surface area contributed by atoms with Crippen molar-refractivity contribution >= 4 is 11.8 Å². The lowest BCUT2D eigenvalue weighted by molar-refractivity contribution is 0.377. The van der Waals surface area contributed by atoms with Crippen molar-refractivity contribution in [1.29, 1.82) is 5.41 Å². The third-order valence-corrected chi connectivity index (χ3v) is 1.77. The summed E-state index contributed by atoms with van der Waals surface area (Å²) in [6, 6.07) is 7.78. The predicted octanol–water partition coefficient (Wildman–Crippen LogP) is 2.11. The highest BCUT2D eigenvalue weighted by molar-refractivity contribution is 5.98. The summed E-state index contributed by atoms with van der Waals surface area (Å²) in [5.74, 6) is 0.857. The van der Waals surface area contributed by atoms with Crippen LogP contribution >= 0.6 is 0 Å². The SMILES string of the molecule is N=C1C=Cc2ccccc2OC1. The molecule has 0 saturated heterocycles. The predicted molar refractivity (Wildman–Crippen MR) is 48.7 cm³/mol. The molecule has 0 aliphatic carbocycles. The Bertz CT molecular complexity index is 341. The van der Waals surface area contributed by atoms with Gasteiger partial charge in [-0.05, 0) is 18.2 Å².